The molecule has 1 amide bonds. The summed E-state index contributed by atoms with van der Waals surface area (Å²) in [6, 6.07) is 3.43. The minimum absolute atomic E-state index is 0.0587. The fraction of sp³-hybridized carbons (Fsp3) is 0.333. The molecule has 2 rings (SSSR count). The van der Waals surface area contributed by atoms with Gasteiger partial charge >= 0.3 is 0 Å². The number of hydrogen-bond donors (Lipinski definition) is 3. The van der Waals surface area contributed by atoms with E-state index in [1.165, 1.54) is 0 Å². The van der Waals surface area contributed by atoms with E-state index in [2.05, 4.69) is 31.0 Å². The highest BCUT2D eigenvalue weighted by atomic mass is 16.1. The molecule has 7 heteroatoms. The van der Waals surface area contributed by atoms with Crippen molar-refractivity contribution in [3.8, 4) is 0 Å². The number of carbonyl (C=O) groups excluding carboxylic acids is 1. The van der Waals surface area contributed by atoms with Crippen molar-refractivity contribution < 1.29 is 4.79 Å². The molecule has 3 N–H and O–H groups in total. The van der Waals surface area contributed by atoms with Gasteiger partial charge in [0.2, 0.25) is 0 Å². The molecule has 0 aliphatic carbocycles. The van der Waals surface area contributed by atoms with E-state index in [-0.39, 0.29) is 11.9 Å². The molecule has 0 bridgehead atoms. The molecule has 1 unspecified atom stereocenters. The lowest BCUT2D eigenvalue weighted by atomic mass is 10.2. The van der Waals surface area contributed by atoms with Crippen LogP contribution >= 0.6 is 0 Å². The van der Waals surface area contributed by atoms with Crippen LogP contribution in [0.25, 0.3) is 0 Å². The predicted molar refractivity (Wildman–Crippen MR) is 70.7 cm³/mol. The Bertz CT molecular complexity index is 522. The Labute approximate surface area is 110 Å². The second-order valence-electron chi connectivity index (χ2n) is 4.06. The lowest BCUT2D eigenvalue weighted by Gasteiger charge is -2.12. The van der Waals surface area contributed by atoms with Gasteiger partial charge in [0.25, 0.3) is 5.91 Å². The van der Waals surface area contributed by atoms with Crippen LogP contribution < -0.4 is 10.6 Å². The minimum Gasteiger partial charge on any atom is -0.362 e. The summed E-state index contributed by atoms with van der Waals surface area (Å²) in [5.41, 5.74) is 1.33. The van der Waals surface area contributed by atoms with Crippen molar-refractivity contribution in [3.63, 3.8) is 0 Å². The Morgan fingerprint density at radius 1 is 1.42 bits per heavy atom. The second-order valence-corrected chi connectivity index (χ2v) is 4.06. The zero-order valence-corrected chi connectivity index (χ0v) is 10.8. The highest BCUT2D eigenvalue weighted by Gasteiger charge is 2.09. The number of aromatic nitrogens is 4. The molecule has 2 heterocycles. The van der Waals surface area contributed by atoms with E-state index in [1.54, 1.807) is 18.3 Å². The fourth-order valence-corrected chi connectivity index (χ4v) is 1.58. The third kappa shape index (κ3) is 3.27. The summed E-state index contributed by atoms with van der Waals surface area (Å²) in [5.74, 6) is 0.395. The van der Waals surface area contributed by atoms with Crippen LogP contribution in [-0.2, 0) is 0 Å². The topological polar surface area (TPSA) is 95.6 Å². The maximum Gasteiger partial charge on any atom is 0.271 e. The molecular weight excluding hydrogens is 244 g/mol. The number of carbonyl (C=O) groups is 1. The Morgan fingerprint density at radius 2 is 2.26 bits per heavy atom. The first kappa shape index (κ1) is 13.0. The van der Waals surface area contributed by atoms with Crippen LogP contribution in [0.15, 0.2) is 24.5 Å². The average molecular weight is 260 g/mol. The van der Waals surface area contributed by atoms with Crippen molar-refractivity contribution in [2.75, 3.05) is 11.9 Å². The summed E-state index contributed by atoms with van der Waals surface area (Å²) in [4.78, 5) is 11.5. The van der Waals surface area contributed by atoms with Crippen molar-refractivity contribution in [3.05, 3.63) is 35.8 Å². The van der Waals surface area contributed by atoms with Gasteiger partial charge < -0.3 is 10.6 Å². The zero-order chi connectivity index (χ0) is 13.7. The van der Waals surface area contributed by atoms with E-state index in [0.29, 0.717) is 18.1 Å². The van der Waals surface area contributed by atoms with Gasteiger partial charge in [-0.05, 0) is 26.0 Å². The van der Waals surface area contributed by atoms with Crippen LogP contribution in [-0.4, -0.2) is 32.8 Å². The zero-order valence-electron chi connectivity index (χ0n) is 10.8. The summed E-state index contributed by atoms with van der Waals surface area (Å²) < 4.78 is 0. The Balaban J connectivity index is 2.01. The Morgan fingerprint density at radius 3 is 2.84 bits per heavy atom. The summed E-state index contributed by atoms with van der Waals surface area (Å²) >= 11 is 0. The summed E-state index contributed by atoms with van der Waals surface area (Å²) in [6.07, 6.45) is 3.56. The highest BCUT2D eigenvalue weighted by Crippen LogP contribution is 2.15. The van der Waals surface area contributed by atoms with Crippen molar-refractivity contribution in [1.29, 1.82) is 0 Å². The molecule has 0 saturated heterocycles. The van der Waals surface area contributed by atoms with Crippen molar-refractivity contribution in [1.82, 2.24) is 25.7 Å². The quantitative estimate of drug-likeness (QED) is 0.748. The first-order valence-corrected chi connectivity index (χ1v) is 6.08. The van der Waals surface area contributed by atoms with E-state index in [9.17, 15) is 4.79 Å². The van der Waals surface area contributed by atoms with Gasteiger partial charge in [-0.1, -0.05) is 0 Å². The van der Waals surface area contributed by atoms with Gasteiger partial charge in [-0.2, -0.15) is 5.10 Å². The van der Waals surface area contributed by atoms with Crippen molar-refractivity contribution in [2.24, 2.45) is 0 Å². The van der Waals surface area contributed by atoms with Gasteiger partial charge in [0.15, 0.2) is 5.69 Å². The highest BCUT2D eigenvalue weighted by molar-refractivity contribution is 5.92. The molecule has 2 aromatic rings. The van der Waals surface area contributed by atoms with Gasteiger partial charge in [0.05, 0.1) is 12.2 Å². The Hall–Kier alpha value is -2.44. The molecular formula is C12H16N6O. The summed E-state index contributed by atoms with van der Waals surface area (Å²) in [7, 11) is 0. The van der Waals surface area contributed by atoms with Crippen LogP contribution in [0.2, 0.25) is 0 Å². The second kappa shape index (κ2) is 5.94. The van der Waals surface area contributed by atoms with Crippen LogP contribution in [0.4, 0.5) is 5.82 Å². The third-order valence-electron chi connectivity index (χ3n) is 2.62. The van der Waals surface area contributed by atoms with E-state index < -0.39 is 0 Å². The van der Waals surface area contributed by atoms with E-state index >= 15 is 0 Å². The number of nitrogens with zero attached hydrogens (tertiary/aromatic N) is 3. The normalized spacial score (nSPS) is 11.9. The first-order valence-electron chi connectivity index (χ1n) is 6.08. The van der Waals surface area contributed by atoms with E-state index in [0.717, 1.165) is 5.56 Å². The number of hydrogen-bond acceptors (Lipinski definition) is 5. The van der Waals surface area contributed by atoms with Crippen LogP contribution in [0, 0.1) is 0 Å². The Kier molecular flexibility index (Phi) is 4.07. The maximum absolute atomic E-state index is 11.5. The molecule has 0 aliphatic rings. The lowest BCUT2D eigenvalue weighted by molar-refractivity contribution is 0.0950. The molecule has 0 saturated carbocycles. The number of nitrogens with one attached hydrogen (secondary N) is 3. The van der Waals surface area contributed by atoms with E-state index in [1.807, 2.05) is 20.0 Å². The van der Waals surface area contributed by atoms with Gasteiger partial charge in [0.1, 0.15) is 5.82 Å². The van der Waals surface area contributed by atoms with Gasteiger partial charge in [-0.3, -0.25) is 9.89 Å². The van der Waals surface area contributed by atoms with Gasteiger partial charge in [-0.15, -0.1) is 10.2 Å². The molecule has 1 atom stereocenters. The van der Waals surface area contributed by atoms with E-state index in [4.69, 9.17) is 0 Å². The molecule has 0 aliphatic heterocycles. The molecule has 2 aromatic heterocycles. The standard InChI is InChI=1S/C12H16N6O/c1-3-13-12(19)10-4-5-11(18-17-10)16-8(2)9-6-14-15-7-9/h4-8H,3H2,1-2H3,(H,13,19)(H,14,15)(H,16,18). The largest absolute Gasteiger partial charge is 0.362 e. The van der Waals surface area contributed by atoms with Gasteiger partial charge in [0, 0.05) is 18.3 Å². The maximum atomic E-state index is 11.5. The molecule has 0 fully saturated rings. The number of amides is 1. The fourth-order valence-electron chi connectivity index (χ4n) is 1.58. The predicted octanol–water partition coefficient (Wildman–Crippen LogP) is 1.12. The minimum atomic E-state index is -0.218. The monoisotopic (exact) mass is 260 g/mol. The number of anilines is 1. The van der Waals surface area contributed by atoms with Crippen molar-refractivity contribution >= 4 is 11.7 Å². The third-order valence-corrected chi connectivity index (χ3v) is 2.62. The van der Waals surface area contributed by atoms with Crippen molar-refractivity contribution in [2.45, 2.75) is 19.9 Å². The molecule has 19 heavy (non-hydrogen) atoms. The van der Waals surface area contributed by atoms with Gasteiger partial charge in [-0.25, -0.2) is 0 Å². The number of rotatable bonds is 5. The SMILES string of the molecule is CCNC(=O)c1ccc(NC(C)c2cn[nH]c2)nn1. The van der Waals surface area contributed by atoms with Crippen LogP contribution in [0.1, 0.15) is 35.9 Å². The first-order chi connectivity index (χ1) is 9.20. The summed E-state index contributed by atoms with van der Waals surface area (Å²) in [5, 5.41) is 20.4. The molecule has 100 valence electrons. The average Bonchev–Trinajstić information content (AvgIpc) is 2.94. The lowest BCUT2D eigenvalue weighted by Crippen LogP contribution is -2.24. The number of aromatic amines is 1. The molecule has 0 radical (unpaired) electrons. The summed E-state index contributed by atoms with van der Waals surface area (Å²) in [6.45, 7) is 4.41. The molecule has 7 nitrogen and oxygen atoms in total. The van der Waals surface area contributed by atoms with Crippen LogP contribution in [0.5, 0.6) is 0 Å². The smallest absolute Gasteiger partial charge is 0.271 e. The number of H-pyrrole nitrogens is 1. The van der Waals surface area contributed by atoms with Crippen LogP contribution in [0.3, 0.4) is 0 Å². The molecule has 0 spiro atoms. The molecule has 0 aromatic carbocycles.